The largest absolute Gasteiger partial charge is 0.465 e. The Kier molecular flexibility index (Phi) is 13.8. The number of hydrogen-bond donors (Lipinski definition) is 2. The van der Waals surface area contributed by atoms with Crippen LogP contribution in [0.1, 0.15) is 51.9 Å². The minimum Gasteiger partial charge on any atom is -0.465 e. The number of nitrogens with zero attached hydrogens (tertiary/aromatic N) is 6. The number of unbranched alkanes of at least 4 members (excludes halogenated alkanes) is 1. The molecule has 2 heterocycles. The molecule has 248 valence electrons. The standard InChI is InChI=1S/C35H49N7O2S2/c1-6-27(10-7-8-21-38-35(43)44)11-9-12-32(46-34-37-23-25-42(34)31-19-15-29(16-20-31)40(4)5)26-45-33-36-22-24-41(33)30-17-13-28(14-18-30)39(2)3/h13-20,22-25,27,32,38H,6-12,21,26H2,1-5H3,(H,43,44). The Bertz CT molecular complexity index is 1470. The number of anilines is 2. The number of benzene rings is 2. The van der Waals surface area contributed by atoms with E-state index < -0.39 is 6.09 Å². The van der Waals surface area contributed by atoms with Gasteiger partial charge in [0, 0.05) is 93.3 Å². The van der Waals surface area contributed by atoms with Crippen LogP contribution in [0, 0.1) is 5.92 Å². The van der Waals surface area contributed by atoms with Gasteiger partial charge < -0.3 is 20.2 Å². The van der Waals surface area contributed by atoms with Crippen LogP contribution < -0.4 is 15.1 Å². The van der Waals surface area contributed by atoms with Gasteiger partial charge in [-0.3, -0.25) is 9.13 Å². The van der Waals surface area contributed by atoms with Crippen LogP contribution in [0.2, 0.25) is 0 Å². The first-order chi connectivity index (χ1) is 22.2. The number of carbonyl (C=O) groups is 1. The van der Waals surface area contributed by atoms with E-state index in [0.29, 0.717) is 17.7 Å². The predicted octanol–water partition coefficient (Wildman–Crippen LogP) is 8.08. The summed E-state index contributed by atoms with van der Waals surface area (Å²) < 4.78 is 4.36. The Morgan fingerprint density at radius 2 is 1.35 bits per heavy atom. The van der Waals surface area contributed by atoms with E-state index in [-0.39, 0.29) is 0 Å². The molecule has 2 N–H and O–H groups in total. The van der Waals surface area contributed by atoms with E-state index in [0.717, 1.165) is 66.0 Å². The summed E-state index contributed by atoms with van der Waals surface area (Å²) in [7, 11) is 8.22. The number of nitrogens with one attached hydrogen (secondary N) is 1. The highest BCUT2D eigenvalue weighted by atomic mass is 32.2. The Hall–Kier alpha value is -3.57. The van der Waals surface area contributed by atoms with E-state index in [1.165, 1.54) is 17.8 Å². The molecule has 0 fully saturated rings. The quantitative estimate of drug-likeness (QED) is 0.0769. The summed E-state index contributed by atoms with van der Waals surface area (Å²) in [5.41, 5.74) is 4.56. The Morgan fingerprint density at radius 3 is 1.89 bits per heavy atom. The fourth-order valence-electron chi connectivity index (χ4n) is 5.42. The van der Waals surface area contributed by atoms with Crippen LogP contribution in [0.15, 0.2) is 83.6 Å². The van der Waals surface area contributed by atoms with Gasteiger partial charge in [-0.1, -0.05) is 62.6 Å². The average molecular weight is 664 g/mol. The molecule has 4 rings (SSSR count). The highest BCUT2D eigenvalue weighted by molar-refractivity contribution is 8.03. The predicted molar refractivity (Wildman–Crippen MR) is 194 cm³/mol. The van der Waals surface area contributed by atoms with E-state index in [1.807, 2.05) is 36.5 Å². The molecule has 2 aromatic heterocycles. The molecule has 0 aliphatic carbocycles. The molecule has 11 heteroatoms. The summed E-state index contributed by atoms with van der Waals surface area (Å²) in [6.45, 7) is 2.80. The highest BCUT2D eigenvalue weighted by Crippen LogP contribution is 2.34. The van der Waals surface area contributed by atoms with Crippen LogP contribution in [0.5, 0.6) is 0 Å². The molecular formula is C35H49N7O2S2. The second-order valence-electron chi connectivity index (χ2n) is 12.0. The third kappa shape index (κ3) is 10.5. The summed E-state index contributed by atoms with van der Waals surface area (Å²) in [6.07, 6.45) is 14.6. The van der Waals surface area contributed by atoms with Gasteiger partial charge in [0.05, 0.1) is 0 Å². The van der Waals surface area contributed by atoms with Crippen LogP contribution >= 0.6 is 23.5 Å². The van der Waals surface area contributed by atoms with Gasteiger partial charge in [0.25, 0.3) is 0 Å². The summed E-state index contributed by atoms with van der Waals surface area (Å²) >= 11 is 3.66. The molecule has 0 saturated carbocycles. The second kappa shape index (κ2) is 17.9. The lowest BCUT2D eigenvalue weighted by atomic mass is 9.93. The van der Waals surface area contributed by atoms with Gasteiger partial charge in [-0.25, -0.2) is 14.8 Å². The zero-order valence-corrected chi connectivity index (χ0v) is 29.4. The van der Waals surface area contributed by atoms with Gasteiger partial charge in [-0.05, 0) is 67.3 Å². The van der Waals surface area contributed by atoms with Crippen molar-refractivity contribution in [2.45, 2.75) is 67.4 Å². The maximum atomic E-state index is 10.7. The topological polar surface area (TPSA) is 91.5 Å². The number of hydrogen-bond acceptors (Lipinski definition) is 7. The Balaban J connectivity index is 1.44. The van der Waals surface area contributed by atoms with Crippen molar-refractivity contribution >= 4 is 41.0 Å². The fraction of sp³-hybridized carbons (Fsp3) is 0.457. The molecule has 2 atom stereocenters. The molecule has 46 heavy (non-hydrogen) atoms. The zero-order chi connectivity index (χ0) is 32.9. The molecule has 0 aliphatic rings. The van der Waals surface area contributed by atoms with Gasteiger partial charge in [0.1, 0.15) is 0 Å². The Morgan fingerprint density at radius 1 is 0.804 bits per heavy atom. The third-order valence-electron chi connectivity index (χ3n) is 8.20. The van der Waals surface area contributed by atoms with Crippen molar-refractivity contribution in [2.24, 2.45) is 5.92 Å². The minimum atomic E-state index is -0.940. The number of aromatic nitrogens is 4. The van der Waals surface area contributed by atoms with Gasteiger partial charge >= 0.3 is 6.09 Å². The molecule has 2 aromatic carbocycles. The minimum absolute atomic E-state index is 0.353. The average Bonchev–Trinajstić information content (AvgIpc) is 3.72. The first-order valence-corrected chi connectivity index (χ1v) is 18.0. The molecule has 9 nitrogen and oxygen atoms in total. The first kappa shape index (κ1) is 35.3. The van der Waals surface area contributed by atoms with E-state index in [9.17, 15) is 4.79 Å². The van der Waals surface area contributed by atoms with E-state index in [2.05, 4.69) is 108 Å². The second-order valence-corrected chi connectivity index (χ2v) is 14.2. The van der Waals surface area contributed by atoms with Crippen molar-refractivity contribution in [1.82, 2.24) is 24.4 Å². The van der Waals surface area contributed by atoms with Crippen molar-refractivity contribution in [3.05, 3.63) is 73.3 Å². The molecule has 0 saturated heterocycles. The first-order valence-electron chi connectivity index (χ1n) is 16.1. The maximum Gasteiger partial charge on any atom is 0.404 e. The smallest absolute Gasteiger partial charge is 0.404 e. The maximum absolute atomic E-state index is 10.7. The van der Waals surface area contributed by atoms with Gasteiger partial charge in [-0.15, -0.1) is 0 Å². The summed E-state index contributed by atoms with van der Waals surface area (Å²) in [5.74, 6) is 1.58. The van der Waals surface area contributed by atoms with Gasteiger partial charge in [0.2, 0.25) is 0 Å². The number of amides is 1. The molecule has 0 aliphatic heterocycles. The van der Waals surface area contributed by atoms with Crippen LogP contribution in [0.3, 0.4) is 0 Å². The van der Waals surface area contributed by atoms with Crippen molar-refractivity contribution in [2.75, 3.05) is 50.3 Å². The zero-order valence-electron chi connectivity index (χ0n) is 27.8. The van der Waals surface area contributed by atoms with E-state index >= 15 is 0 Å². The molecule has 0 bridgehead atoms. The number of imidazole rings is 2. The highest BCUT2D eigenvalue weighted by Gasteiger charge is 2.19. The Labute approximate surface area is 282 Å². The van der Waals surface area contributed by atoms with Crippen molar-refractivity contribution in [3.8, 4) is 11.4 Å². The van der Waals surface area contributed by atoms with Crippen molar-refractivity contribution in [1.29, 1.82) is 0 Å². The summed E-state index contributed by atoms with van der Waals surface area (Å²) in [6, 6.07) is 17.2. The van der Waals surface area contributed by atoms with E-state index in [1.54, 1.807) is 11.8 Å². The molecule has 2 unspecified atom stereocenters. The monoisotopic (exact) mass is 663 g/mol. The van der Waals surface area contributed by atoms with Crippen LogP contribution in [0.25, 0.3) is 11.4 Å². The summed E-state index contributed by atoms with van der Waals surface area (Å²) in [5, 5.41) is 13.6. The SMILES string of the molecule is CCC(CCCCNC(=O)O)CCCC(CSc1nccn1-c1ccc(N(C)C)cc1)Sc1nccn1-c1ccc(N(C)C)cc1. The fourth-order valence-corrected chi connectivity index (χ4v) is 7.83. The molecule has 0 radical (unpaired) electrons. The van der Waals surface area contributed by atoms with E-state index in [4.69, 9.17) is 15.1 Å². The van der Waals surface area contributed by atoms with Crippen molar-refractivity contribution in [3.63, 3.8) is 0 Å². The van der Waals surface area contributed by atoms with Gasteiger partial charge in [0.15, 0.2) is 10.3 Å². The molecule has 4 aromatic rings. The number of thioether (sulfide) groups is 2. The summed E-state index contributed by atoms with van der Waals surface area (Å²) in [4.78, 5) is 24.5. The van der Waals surface area contributed by atoms with Gasteiger partial charge in [-0.2, -0.15) is 0 Å². The lowest BCUT2D eigenvalue weighted by molar-refractivity contribution is 0.194. The third-order valence-corrected chi connectivity index (χ3v) is 10.8. The molecule has 1 amide bonds. The van der Waals surface area contributed by atoms with Crippen LogP contribution in [-0.2, 0) is 0 Å². The lowest BCUT2D eigenvalue weighted by Gasteiger charge is -2.20. The number of carboxylic acid groups (broad SMARTS) is 1. The molecule has 0 spiro atoms. The normalized spacial score (nSPS) is 12.5. The van der Waals surface area contributed by atoms with Crippen molar-refractivity contribution < 1.29 is 9.90 Å². The van der Waals surface area contributed by atoms with Crippen LogP contribution in [-0.4, -0.2) is 76.0 Å². The van der Waals surface area contributed by atoms with Crippen LogP contribution in [0.4, 0.5) is 16.2 Å². The molecular weight excluding hydrogens is 615 g/mol. The lowest BCUT2D eigenvalue weighted by Crippen LogP contribution is -2.21. The number of rotatable bonds is 19.